The van der Waals surface area contributed by atoms with E-state index in [0.717, 1.165) is 0 Å². The fraction of sp³-hybridized carbons (Fsp3) is 0.750. The number of alkyl halides is 1. The molecular formula is C8H16FN. The molecule has 0 saturated carbocycles. The summed E-state index contributed by atoms with van der Waals surface area (Å²) in [6, 6.07) is 0. The fourth-order valence-corrected chi connectivity index (χ4v) is 0.668. The molecule has 60 valence electrons. The SMILES string of the molecule is CNCC(F)CC=C(C)C. The van der Waals surface area contributed by atoms with Crippen LogP contribution >= 0.6 is 0 Å². The molecular weight excluding hydrogens is 129 g/mol. The van der Waals surface area contributed by atoms with Crippen LogP contribution in [0.25, 0.3) is 0 Å². The number of hydrogen-bond donors (Lipinski definition) is 1. The Bertz CT molecular complexity index is 106. The molecule has 1 N–H and O–H groups in total. The minimum absolute atomic E-state index is 0.448. The van der Waals surface area contributed by atoms with E-state index in [9.17, 15) is 4.39 Å². The summed E-state index contributed by atoms with van der Waals surface area (Å²) in [6.45, 7) is 4.40. The standard InChI is InChI=1S/C8H16FN/c1-7(2)4-5-8(9)6-10-3/h4,8,10H,5-6H2,1-3H3. The van der Waals surface area contributed by atoms with Crippen LogP contribution in [0.2, 0.25) is 0 Å². The van der Waals surface area contributed by atoms with E-state index in [1.807, 2.05) is 19.9 Å². The van der Waals surface area contributed by atoms with E-state index in [2.05, 4.69) is 5.32 Å². The van der Waals surface area contributed by atoms with Crippen LogP contribution in [-0.4, -0.2) is 19.8 Å². The van der Waals surface area contributed by atoms with Gasteiger partial charge in [0.05, 0.1) is 0 Å². The van der Waals surface area contributed by atoms with Crippen molar-refractivity contribution in [3.63, 3.8) is 0 Å². The summed E-state index contributed by atoms with van der Waals surface area (Å²) in [5, 5.41) is 2.79. The minimum atomic E-state index is -0.736. The van der Waals surface area contributed by atoms with Gasteiger partial charge in [-0.15, -0.1) is 0 Å². The zero-order valence-corrected chi connectivity index (χ0v) is 6.95. The summed E-state index contributed by atoms with van der Waals surface area (Å²) in [5.41, 5.74) is 1.18. The van der Waals surface area contributed by atoms with Crippen molar-refractivity contribution in [2.24, 2.45) is 0 Å². The molecule has 0 aromatic carbocycles. The van der Waals surface area contributed by atoms with E-state index in [4.69, 9.17) is 0 Å². The minimum Gasteiger partial charge on any atom is -0.317 e. The Morgan fingerprint density at radius 1 is 1.60 bits per heavy atom. The molecule has 0 rings (SSSR count). The van der Waals surface area contributed by atoms with E-state index in [-0.39, 0.29) is 0 Å². The number of hydrogen-bond acceptors (Lipinski definition) is 1. The van der Waals surface area contributed by atoms with Crippen LogP contribution in [-0.2, 0) is 0 Å². The Morgan fingerprint density at radius 3 is 2.60 bits per heavy atom. The van der Waals surface area contributed by atoms with Crippen molar-refractivity contribution in [1.29, 1.82) is 0 Å². The highest BCUT2D eigenvalue weighted by molar-refractivity contribution is 4.94. The molecule has 0 aliphatic rings. The lowest BCUT2D eigenvalue weighted by molar-refractivity contribution is 0.328. The van der Waals surface area contributed by atoms with Crippen molar-refractivity contribution in [2.45, 2.75) is 26.4 Å². The second-order valence-corrected chi connectivity index (χ2v) is 2.67. The summed E-state index contributed by atoms with van der Waals surface area (Å²) >= 11 is 0. The third-order valence-electron chi connectivity index (χ3n) is 1.21. The van der Waals surface area contributed by atoms with E-state index in [1.165, 1.54) is 5.57 Å². The Kier molecular flexibility index (Phi) is 5.22. The number of halogens is 1. The fourth-order valence-electron chi connectivity index (χ4n) is 0.668. The summed E-state index contributed by atoms with van der Waals surface area (Å²) in [6.07, 6.45) is 1.71. The molecule has 1 nitrogen and oxygen atoms in total. The van der Waals surface area contributed by atoms with Crippen molar-refractivity contribution >= 4 is 0 Å². The van der Waals surface area contributed by atoms with Crippen molar-refractivity contribution in [3.8, 4) is 0 Å². The van der Waals surface area contributed by atoms with Gasteiger partial charge in [-0.2, -0.15) is 0 Å². The van der Waals surface area contributed by atoms with Crippen LogP contribution in [0.15, 0.2) is 11.6 Å². The molecule has 0 aliphatic heterocycles. The van der Waals surface area contributed by atoms with Crippen molar-refractivity contribution < 1.29 is 4.39 Å². The van der Waals surface area contributed by atoms with Gasteiger partial charge in [0.15, 0.2) is 0 Å². The van der Waals surface area contributed by atoms with E-state index in [0.29, 0.717) is 13.0 Å². The van der Waals surface area contributed by atoms with Crippen molar-refractivity contribution in [2.75, 3.05) is 13.6 Å². The van der Waals surface area contributed by atoms with Gasteiger partial charge >= 0.3 is 0 Å². The van der Waals surface area contributed by atoms with Gasteiger partial charge in [0.1, 0.15) is 6.17 Å². The molecule has 0 radical (unpaired) electrons. The first-order chi connectivity index (χ1) is 4.66. The first-order valence-electron chi connectivity index (χ1n) is 3.59. The van der Waals surface area contributed by atoms with Crippen LogP contribution < -0.4 is 5.32 Å². The third-order valence-corrected chi connectivity index (χ3v) is 1.21. The van der Waals surface area contributed by atoms with Crippen LogP contribution in [0.5, 0.6) is 0 Å². The Balaban J connectivity index is 3.38. The first kappa shape index (κ1) is 9.63. The van der Waals surface area contributed by atoms with Gasteiger partial charge in [-0.05, 0) is 27.3 Å². The highest BCUT2D eigenvalue weighted by atomic mass is 19.1. The third kappa shape index (κ3) is 5.76. The maximum absolute atomic E-state index is 12.7. The van der Waals surface area contributed by atoms with Crippen LogP contribution in [0.3, 0.4) is 0 Å². The average molecular weight is 145 g/mol. The van der Waals surface area contributed by atoms with Gasteiger partial charge in [-0.1, -0.05) is 11.6 Å². The van der Waals surface area contributed by atoms with Crippen LogP contribution in [0.4, 0.5) is 4.39 Å². The van der Waals surface area contributed by atoms with Crippen molar-refractivity contribution in [1.82, 2.24) is 5.32 Å². The predicted molar refractivity (Wildman–Crippen MR) is 42.9 cm³/mol. The molecule has 0 aromatic heterocycles. The van der Waals surface area contributed by atoms with Crippen LogP contribution in [0.1, 0.15) is 20.3 Å². The topological polar surface area (TPSA) is 12.0 Å². The molecule has 0 saturated heterocycles. The van der Waals surface area contributed by atoms with E-state index < -0.39 is 6.17 Å². The van der Waals surface area contributed by atoms with Gasteiger partial charge in [0.2, 0.25) is 0 Å². The normalized spacial score (nSPS) is 12.8. The maximum atomic E-state index is 12.7. The van der Waals surface area contributed by atoms with E-state index >= 15 is 0 Å². The van der Waals surface area contributed by atoms with Gasteiger partial charge in [-0.3, -0.25) is 0 Å². The predicted octanol–water partition coefficient (Wildman–Crippen LogP) is 1.90. The highest BCUT2D eigenvalue weighted by Gasteiger charge is 2.00. The zero-order valence-electron chi connectivity index (χ0n) is 6.95. The van der Waals surface area contributed by atoms with Gasteiger partial charge in [0.25, 0.3) is 0 Å². The average Bonchev–Trinajstić information content (AvgIpc) is 1.85. The number of allylic oxidation sites excluding steroid dienone is 2. The maximum Gasteiger partial charge on any atom is 0.116 e. The molecule has 0 amide bonds. The first-order valence-corrected chi connectivity index (χ1v) is 3.59. The summed E-state index contributed by atoms with van der Waals surface area (Å²) in [7, 11) is 1.76. The van der Waals surface area contributed by atoms with Gasteiger partial charge in [-0.25, -0.2) is 4.39 Å². The number of nitrogens with one attached hydrogen (secondary N) is 1. The van der Waals surface area contributed by atoms with E-state index in [1.54, 1.807) is 7.05 Å². The number of rotatable bonds is 4. The molecule has 10 heavy (non-hydrogen) atoms. The molecule has 0 spiro atoms. The van der Waals surface area contributed by atoms with Crippen molar-refractivity contribution in [3.05, 3.63) is 11.6 Å². The quantitative estimate of drug-likeness (QED) is 0.596. The lowest BCUT2D eigenvalue weighted by Crippen LogP contribution is -2.18. The smallest absolute Gasteiger partial charge is 0.116 e. The lowest BCUT2D eigenvalue weighted by atomic mass is 10.2. The summed E-state index contributed by atoms with van der Waals surface area (Å²) < 4.78 is 12.7. The second-order valence-electron chi connectivity index (χ2n) is 2.67. The van der Waals surface area contributed by atoms with Gasteiger partial charge < -0.3 is 5.32 Å². The molecule has 1 unspecified atom stereocenters. The summed E-state index contributed by atoms with van der Waals surface area (Å²) in [5.74, 6) is 0. The molecule has 0 bridgehead atoms. The molecule has 1 atom stereocenters. The highest BCUT2D eigenvalue weighted by Crippen LogP contribution is 2.00. The molecule has 2 heteroatoms. The Morgan fingerprint density at radius 2 is 2.20 bits per heavy atom. The monoisotopic (exact) mass is 145 g/mol. The largest absolute Gasteiger partial charge is 0.317 e. The zero-order chi connectivity index (χ0) is 7.98. The molecule has 0 heterocycles. The van der Waals surface area contributed by atoms with Gasteiger partial charge in [0, 0.05) is 6.54 Å². The summed E-state index contributed by atoms with van der Waals surface area (Å²) in [4.78, 5) is 0. The van der Waals surface area contributed by atoms with Crippen LogP contribution in [0, 0.1) is 0 Å². The lowest BCUT2D eigenvalue weighted by Gasteiger charge is -2.02. The Hall–Kier alpha value is -0.370. The second kappa shape index (κ2) is 5.42. The molecule has 0 fully saturated rings. The molecule has 0 aliphatic carbocycles. The Labute approximate surface area is 62.3 Å². The molecule has 0 aromatic rings.